The van der Waals surface area contributed by atoms with Crippen molar-refractivity contribution in [3.8, 4) is 40.2 Å². The van der Waals surface area contributed by atoms with Gasteiger partial charge in [-0.25, -0.2) is 4.79 Å². The fourth-order valence-electron chi connectivity index (χ4n) is 4.92. The molecule has 218 valence electrons. The molecule has 0 aromatic heterocycles. The molecule has 1 aliphatic rings. The molecule has 0 spiro atoms. The number of carbonyl (C=O) groups is 1. The van der Waals surface area contributed by atoms with Crippen LogP contribution in [-0.2, 0) is 20.7 Å². The van der Waals surface area contributed by atoms with Crippen LogP contribution in [0.3, 0.4) is 0 Å². The highest BCUT2D eigenvalue weighted by Gasteiger charge is 2.40. The molecular formula is C31H34O10. The Morgan fingerprint density at radius 1 is 0.854 bits per heavy atom. The number of phenols is 3. The van der Waals surface area contributed by atoms with Crippen LogP contribution < -0.4 is 18.9 Å². The van der Waals surface area contributed by atoms with Crippen molar-refractivity contribution in [3.63, 3.8) is 0 Å². The Morgan fingerprint density at radius 3 is 2.10 bits per heavy atom. The predicted octanol–water partition coefficient (Wildman–Crippen LogP) is 4.64. The van der Waals surface area contributed by atoms with Crippen molar-refractivity contribution in [3.05, 3.63) is 71.3 Å². The summed E-state index contributed by atoms with van der Waals surface area (Å²) < 4.78 is 33.0. The van der Waals surface area contributed by atoms with E-state index in [0.29, 0.717) is 35.7 Å². The first-order valence-electron chi connectivity index (χ1n) is 12.9. The van der Waals surface area contributed by atoms with Crippen LogP contribution in [0, 0.1) is 11.8 Å². The summed E-state index contributed by atoms with van der Waals surface area (Å²) in [7, 11) is 5.83. The van der Waals surface area contributed by atoms with E-state index in [-0.39, 0.29) is 47.2 Å². The minimum Gasteiger partial charge on any atom is -0.504 e. The quantitative estimate of drug-likeness (QED) is 0.223. The Balaban J connectivity index is 1.57. The fraction of sp³-hybridized carbons (Fsp3) is 0.323. The predicted molar refractivity (Wildman–Crippen MR) is 150 cm³/mol. The molecule has 4 rings (SSSR count). The Hall–Kier alpha value is -4.57. The Bertz CT molecular complexity index is 1370. The van der Waals surface area contributed by atoms with E-state index >= 15 is 0 Å². The molecule has 0 aliphatic carbocycles. The van der Waals surface area contributed by atoms with Crippen molar-refractivity contribution >= 4 is 12.0 Å². The number of benzene rings is 3. The Morgan fingerprint density at radius 2 is 1.46 bits per heavy atom. The number of carbonyl (C=O) groups excluding carboxylic acids is 1. The summed E-state index contributed by atoms with van der Waals surface area (Å²) in [5, 5.41) is 30.2. The zero-order chi connectivity index (χ0) is 29.5. The van der Waals surface area contributed by atoms with E-state index in [2.05, 4.69) is 0 Å². The lowest BCUT2D eigenvalue weighted by Gasteiger charge is -2.24. The number of aromatic hydroxyl groups is 3. The zero-order valence-electron chi connectivity index (χ0n) is 23.3. The zero-order valence-corrected chi connectivity index (χ0v) is 23.3. The van der Waals surface area contributed by atoms with Gasteiger partial charge in [0.1, 0.15) is 0 Å². The molecule has 10 nitrogen and oxygen atoms in total. The third-order valence-electron chi connectivity index (χ3n) is 7.09. The van der Waals surface area contributed by atoms with Gasteiger partial charge in [-0.3, -0.25) is 0 Å². The summed E-state index contributed by atoms with van der Waals surface area (Å²) in [6.07, 6.45) is 2.97. The summed E-state index contributed by atoms with van der Waals surface area (Å²) in [6, 6.07) is 13.3. The van der Waals surface area contributed by atoms with Gasteiger partial charge in [-0.15, -0.1) is 0 Å². The van der Waals surface area contributed by atoms with Crippen LogP contribution in [0.2, 0.25) is 0 Å². The number of phenolic OH excluding ortho intramolecular Hbond substituents is 3. The molecule has 0 radical (unpaired) electrons. The van der Waals surface area contributed by atoms with E-state index in [1.165, 1.54) is 40.6 Å². The fourth-order valence-corrected chi connectivity index (χ4v) is 4.92. The minimum absolute atomic E-state index is 0.000663. The summed E-state index contributed by atoms with van der Waals surface area (Å²) in [4.78, 5) is 12.7. The molecule has 3 N–H and O–H groups in total. The second-order valence-corrected chi connectivity index (χ2v) is 9.56. The van der Waals surface area contributed by atoms with Gasteiger partial charge in [-0.1, -0.05) is 12.1 Å². The number of methoxy groups -OCH3 is 4. The van der Waals surface area contributed by atoms with E-state index in [1.54, 1.807) is 42.5 Å². The highest BCUT2D eigenvalue weighted by atomic mass is 16.5. The maximum Gasteiger partial charge on any atom is 0.330 e. The van der Waals surface area contributed by atoms with Crippen LogP contribution >= 0.6 is 0 Å². The summed E-state index contributed by atoms with van der Waals surface area (Å²) >= 11 is 0. The van der Waals surface area contributed by atoms with E-state index < -0.39 is 12.1 Å². The molecule has 0 bridgehead atoms. The summed E-state index contributed by atoms with van der Waals surface area (Å²) in [5.74, 6) is 0.179. The van der Waals surface area contributed by atoms with Crippen molar-refractivity contribution in [2.24, 2.45) is 11.8 Å². The van der Waals surface area contributed by atoms with Crippen molar-refractivity contribution in [1.82, 2.24) is 0 Å². The molecule has 3 atom stereocenters. The highest BCUT2D eigenvalue weighted by molar-refractivity contribution is 5.87. The van der Waals surface area contributed by atoms with Crippen LogP contribution in [0.1, 0.15) is 22.8 Å². The van der Waals surface area contributed by atoms with Gasteiger partial charge in [0.2, 0.25) is 5.75 Å². The van der Waals surface area contributed by atoms with Gasteiger partial charge in [0.05, 0.1) is 47.8 Å². The standard InChI is InChI=1S/C31H34O10/c1-36-25-12-18(5-8-23(25)32)7-10-29(34)40-17-22-21(11-19-6-9-24(33)26(13-19)37-2)16-41-31(22)20-14-27(38-3)30(35)28(15-20)39-4/h5-10,12-15,21-22,31-33,35H,11,16-17H2,1-4H3/b10-7+/t21-,22-,31+/m0/s1. The molecule has 10 heteroatoms. The number of ether oxygens (including phenoxy) is 6. The Labute approximate surface area is 238 Å². The first kappa shape index (κ1) is 29.4. The molecule has 0 saturated carbocycles. The van der Waals surface area contributed by atoms with E-state index in [0.717, 1.165) is 5.56 Å². The minimum atomic E-state index is -0.548. The van der Waals surface area contributed by atoms with Gasteiger partial charge >= 0.3 is 5.97 Å². The van der Waals surface area contributed by atoms with Gasteiger partial charge in [0, 0.05) is 12.0 Å². The normalized spacial score (nSPS) is 18.3. The van der Waals surface area contributed by atoms with Crippen LogP contribution in [0.25, 0.3) is 6.08 Å². The molecular weight excluding hydrogens is 532 g/mol. The second-order valence-electron chi connectivity index (χ2n) is 9.56. The number of esters is 1. The topological polar surface area (TPSA) is 133 Å². The smallest absolute Gasteiger partial charge is 0.330 e. The van der Waals surface area contributed by atoms with Gasteiger partial charge in [0.25, 0.3) is 0 Å². The van der Waals surface area contributed by atoms with Gasteiger partial charge in [-0.2, -0.15) is 0 Å². The molecule has 41 heavy (non-hydrogen) atoms. The molecule has 0 amide bonds. The average molecular weight is 567 g/mol. The lowest BCUT2D eigenvalue weighted by molar-refractivity contribution is -0.139. The van der Waals surface area contributed by atoms with Crippen LogP contribution in [-0.4, -0.2) is 62.9 Å². The Kier molecular flexibility index (Phi) is 9.46. The lowest BCUT2D eigenvalue weighted by atomic mass is 9.84. The molecule has 3 aromatic rings. The number of rotatable bonds is 11. The average Bonchev–Trinajstić information content (AvgIpc) is 3.38. The van der Waals surface area contributed by atoms with E-state index in [9.17, 15) is 20.1 Å². The number of hydrogen-bond acceptors (Lipinski definition) is 10. The first-order chi connectivity index (χ1) is 19.8. The molecule has 1 fully saturated rings. The third kappa shape index (κ3) is 6.78. The highest BCUT2D eigenvalue weighted by Crippen LogP contribution is 2.46. The molecule has 1 saturated heterocycles. The van der Waals surface area contributed by atoms with Crippen molar-refractivity contribution < 1.29 is 48.5 Å². The van der Waals surface area contributed by atoms with Gasteiger partial charge in [-0.05, 0) is 71.5 Å². The number of hydrogen-bond donors (Lipinski definition) is 3. The van der Waals surface area contributed by atoms with Crippen LogP contribution in [0.4, 0.5) is 0 Å². The van der Waals surface area contributed by atoms with Crippen molar-refractivity contribution in [1.29, 1.82) is 0 Å². The molecule has 1 heterocycles. The largest absolute Gasteiger partial charge is 0.504 e. The second kappa shape index (κ2) is 13.2. The van der Waals surface area contributed by atoms with Gasteiger partial charge in [0.15, 0.2) is 34.5 Å². The van der Waals surface area contributed by atoms with E-state index in [4.69, 9.17) is 28.4 Å². The maximum atomic E-state index is 12.7. The lowest BCUT2D eigenvalue weighted by Crippen LogP contribution is -2.24. The molecule has 0 unspecified atom stereocenters. The third-order valence-corrected chi connectivity index (χ3v) is 7.09. The monoisotopic (exact) mass is 566 g/mol. The maximum absolute atomic E-state index is 12.7. The SMILES string of the molecule is COc1cc(/C=C/C(=O)OC[C@H]2[C@@H](Cc3ccc(O)c(OC)c3)CO[C@@H]2c2cc(OC)c(O)c(OC)c2)ccc1O. The first-order valence-corrected chi connectivity index (χ1v) is 12.9. The van der Waals surface area contributed by atoms with Crippen molar-refractivity contribution in [2.75, 3.05) is 41.7 Å². The summed E-state index contributed by atoms with van der Waals surface area (Å²) in [6.45, 7) is 0.433. The molecule has 3 aromatic carbocycles. The van der Waals surface area contributed by atoms with Crippen molar-refractivity contribution in [2.45, 2.75) is 12.5 Å². The van der Waals surface area contributed by atoms with Crippen LogP contribution in [0.15, 0.2) is 54.6 Å². The molecule has 1 aliphatic heterocycles. The van der Waals surface area contributed by atoms with E-state index in [1.807, 2.05) is 6.07 Å². The van der Waals surface area contributed by atoms with Crippen LogP contribution in [0.5, 0.6) is 40.2 Å². The summed E-state index contributed by atoms with van der Waals surface area (Å²) in [5.41, 5.74) is 2.28. The van der Waals surface area contributed by atoms with Gasteiger partial charge < -0.3 is 43.7 Å².